The minimum absolute atomic E-state index is 0.0602. The first-order valence-corrected chi connectivity index (χ1v) is 10.7. The van der Waals surface area contributed by atoms with E-state index in [1.54, 1.807) is 7.11 Å². The zero-order chi connectivity index (χ0) is 21.4. The number of aryl methyl sites for hydroxylation is 2. The van der Waals surface area contributed by atoms with E-state index in [-0.39, 0.29) is 5.56 Å². The summed E-state index contributed by atoms with van der Waals surface area (Å²) in [6, 6.07) is 6.16. The molecule has 2 aromatic rings. The van der Waals surface area contributed by atoms with E-state index in [4.69, 9.17) is 17.0 Å². The molecule has 160 valence electrons. The Bertz CT molecular complexity index is 877. The van der Waals surface area contributed by atoms with Crippen LogP contribution in [0.4, 0.5) is 0 Å². The molecule has 29 heavy (non-hydrogen) atoms. The van der Waals surface area contributed by atoms with Crippen molar-refractivity contribution in [3.8, 4) is 0 Å². The highest BCUT2D eigenvalue weighted by Gasteiger charge is 2.15. The number of likely N-dealkylation sites (N-methyl/N-ethyl adjacent to an activating group) is 1. The molecule has 2 N–H and O–H groups in total. The molecule has 0 bridgehead atoms. The van der Waals surface area contributed by atoms with Crippen molar-refractivity contribution in [2.24, 2.45) is 0 Å². The van der Waals surface area contributed by atoms with Crippen LogP contribution < -0.4 is 10.9 Å². The molecule has 0 aliphatic carbocycles. The highest BCUT2D eigenvalue weighted by atomic mass is 32.1. The summed E-state index contributed by atoms with van der Waals surface area (Å²) in [4.78, 5) is 20.2. The molecule has 0 saturated heterocycles. The summed E-state index contributed by atoms with van der Waals surface area (Å²) in [6.07, 6.45) is 0. The first-order chi connectivity index (χ1) is 13.9. The van der Waals surface area contributed by atoms with Crippen molar-refractivity contribution in [2.45, 2.75) is 34.2 Å². The quantitative estimate of drug-likeness (QED) is 0.457. The van der Waals surface area contributed by atoms with Crippen LogP contribution in [-0.4, -0.2) is 66.3 Å². The van der Waals surface area contributed by atoms with E-state index in [1.807, 2.05) is 19.1 Å². The second kappa shape index (κ2) is 11.3. The van der Waals surface area contributed by atoms with Gasteiger partial charge < -0.3 is 24.8 Å². The van der Waals surface area contributed by atoms with Crippen LogP contribution in [0.15, 0.2) is 23.0 Å². The van der Waals surface area contributed by atoms with Gasteiger partial charge in [-0.15, -0.1) is 0 Å². The number of hydrogen-bond donors (Lipinski definition) is 2. The van der Waals surface area contributed by atoms with E-state index in [9.17, 15) is 4.79 Å². The fourth-order valence-corrected chi connectivity index (χ4v) is 3.72. The number of hydrogen-bond acceptors (Lipinski definition) is 4. The molecule has 0 aliphatic rings. The fourth-order valence-electron chi connectivity index (χ4n) is 3.47. The summed E-state index contributed by atoms with van der Waals surface area (Å²) in [6.45, 7) is 13.7. The van der Waals surface area contributed by atoms with Crippen LogP contribution in [0.25, 0.3) is 10.9 Å². The molecule has 1 aromatic carbocycles. The summed E-state index contributed by atoms with van der Waals surface area (Å²) in [5.74, 6) is 0. The minimum atomic E-state index is -0.0602. The number of methoxy groups -OCH3 is 1. The van der Waals surface area contributed by atoms with Crippen LogP contribution in [0.1, 0.15) is 30.5 Å². The van der Waals surface area contributed by atoms with Gasteiger partial charge in [-0.3, -0.25) is 4.79 Å². The number of fused-ring (bicyclic) bond motifs is 1. The Hall–Kier alpha value is -1.96. The highest BCUT2D eigenvalue weighted by molar-refractivity contribution is 7.80. The Kier molecular flexibility index (Phi) is 9.07. The number of benzene rings is 1. The third-order valence-electron chi connectivity index (χ3n) is 5.20. The van der Waals surface area contributed by atoms with Crippen molar-refractivity contribution in [1.82, 2.24) is 20.1 Å². The highest BCUT2D eigenvalue weighted by Crippen LogP contribution is 2.19. The van der Waals surface area contributed by atoms with Gasteiger partial charge in [0.25, 0.3) is 5.56 Å². The van der Waals surface area contributed by atoms with Crippen LogP contribution in [0.3, 0.4) is 0 Å². The monoisotopic (exact) mass is 418 g/mol. The number of ether oxygens (including phenoxy) is 1. The van der Waals surface area contributed by atoms with Crippen LogP contribution >= 0.6 is 12.2 Å². The zero-order valence-electron chi connectivity index (χ0n) is 18.3. The number of H-pyrrole nitrogens is 1. The van der Waals surface area contributed by atoms with Gasteiger partial charge in [-0.25, -0.2) is 0 Å². The largest absolute Gasteiger partial charge is 0.383 e. The molecule has 6 nitrogen and oxygen atoms in total. The van der Waals surface area contributed by atoms with Gasteiger partial charge in [-0.2, -0.15) is 0 Å². The number of aromatic amines is 1. The molecular formula is C22H34N4O2S. The molecule has 0 spiro atoms. The minimum Gasteiger partial charge on any atom is -0.383 e. The maximum atomic E-state index is 12.7. The van der Waals surface area contributed by atoms with Crippen LogP contribution in [0.2, 0.25) is 0 Å². The van der Waals surface area contributed by atoms with Gasteiger partial charge in [-0.05, 0) is 62.4 Å². The third kappa shape index (κ3) is 6.52. The lowest BCUT2D eigenvalue weighted by atomic mass is 10.0. The molecule has 1 aromatic heterocycles. The maximum Gasteiger partial charge on any atom is 0.253 e. The SMILES string of the molecule is CCN(CC)CCN(Cc1cc2c(C)cc(C)cc2[nH]c1=O)C(=S)NCCOC. The van der Waals surface area contributed by atoms with Gasteiger partial charge in [0, 0.05) is 43.2 Å². The summed E-state index contributed by atoms with van der Waals surface area (Å²) < 4.78 is 5.11. The standard InChI is InChI=1S/C22H34N4O2S/c1-6-25(7-2)9-10-26(22(29)23-8-11-28-5)15-18-14-19-17(4)12-16(3)13-20(19)24-21(18)27/h12-14H,6-11,15H2,1-5H3,(H,23,29)(H,24,27). The zero-order valence-corrected chi connectivity index (χ0v) is 19.1. The Morgan fingerprint density at radius 3 is 2.55 bits per heavy atom. The average molecular weight is 419 g/mol. The van der Waals surface area contributed by atoms with Crippen molar-refractivity contribution in [1.29, 1.82) is 0 Å². The molecule has 0 unspecified atom stereocenters. The predicted molar refractivity (Wildman–Crippen MR) is 125 cm³/mol. The molecule has 1 heterocycles. The van der Waals surface area contributed by atoms with E-state index >= 15 is 0 Å². The van der Waals surface area contributed by atoms with E-state index in [2.05, 4.69) is 46.9 Å². The smallest absolute Gasteiger partial charge is 0.253 e. The summed E-state index contributed by atoms with van der Waals surface area (Å²) in [7, 11) is 1.67. The lowest BCUT2D eigenvalue weighted by molar-refractivity contribution is 0.202. The van der Waals surface area contributed by atoms with E-state index in [1.165, 1.54) is 0 Å². The topological polar surface area (TPSA) is 60.6 Å². The van der Waals surface area contributed by atoms with Crippen LogP contribution in [0.5, 0.6) is 0 Å². The normalized spacial score (nSPS) is 11.2. The Labute approximate surface area is 179 Å². The van der Waals surface area contributed by atoms with Gasteiger partial charge in [0.1, 0.15) is 0 Å². The first kappa shape index (κ1) is 23.3. The third-order valence-corrected chi connectivity index (χ3v) is 5.60. The molecule has 2 rings (SSSR count). The van der Waals surface area contributed by atoms with Crippen molar-refractivity contribution >= 4 is 28.2 Å². The summed E-state index contributed by atoms with van der Waals surface area (Å²) in [5.41, 5.74) is 3.84. The van der Waals surface area contributed by atoms with Crippen LogP contribution in [-0.2, 0) is 11.3 Å². The van der Waals surface area contributed by atoms with E-state index in [0.717, 1.165) is 53.8 Å². The molecule has 0 fully saturated rings. The van der Waals surface area contributed by atoms with E-state index in [0.29, 0.717) is 24.8 Å². The Morgan fingerprint density at radius 2 is 1.90 bits per heavy atom. The number of pyridine rings is 1. The van der Waals surface area contributed by atoms with Crippen molar-refractivity contribution in [2.75, 3.05) is 46.4 Å². The van der Waals surface area contributed by atoms with E-state index < -0.39 is 0 Å². The summed E-state index contributed by atoms with van der Waals surface area (Å²) in [5, 5.41) is 4.96. The maximum absolute atomic E-state index is 12.7. The van der Waals surface area contributed by atoms with Crippen molar-refractivity contribution in [3.05, 3.63) is 45.2 Å². The van der Waals surface area contributed by atoms with Crippen LogP contribution in [0, 0.1) is 13.8 Å². The van der Waals surface area contributed by atoms with Gasteiger partial charge in [0.15, 0.2) is 5.11 Å². The predicted octanol–water partition coefficient (Wildman–Crippen LogP) is 2.81. The summed E-state index contributed by atoms with van der Waals surface area (Å²) >= 11 is 5.62. The number of nitrogens with one attached hydrogen (secondary N) is 2. The molecule has 0 saturated carbocycles. The molecule has 0 atom stereocenters. The Balaban J connectivity index is 2.27. The number of aromatic nitrogens is 1. The second-order valence-corrected chi connectivity index (χ2v) is 7.73. The lowest BCUT2D eigenvalue weighted by Gasteiger charge is -2.28. The molecule has 0 radical (unpaired) electrons. The van der Waals surface area contributed by atoms with Gasteiger partial charge in [-0.1, -0.05) is 19.9 Å². The fraction of sp³-hybridized carbons (Fsp3) is 0.545. The first-order valence-electron chi connectivity index (χ1n) is 10.3. The molecule has 0 aliphatic heterocycles. The Morgan fingerprint density at radius 1 is 1.17 bits per heavy atom. The number of thiocarbonyl (C=S) groups is 1. The van der Waals surface area contributed by atoms with Crippen molar-refractivity contribution < 1.29 is 4.74 Å². The van der Waals surface area contributed by atoms with Gasteiger partial charge in [0.2, 0.25) is 0 Å². The molecule has 0 amide bonds. The second-order valence-electron chi connectivity index (χ2n) is 7.34. The van der Waals surface area contributed by atoms with Crippen molar-refractivity contribution in [3.63, 3.8) is 0 Å². The molecule has 7 heteroatoms. The number of rotatable bonds is 10. The average Bonchev–Trinajstić information content (AvgIpc) is 2.68. The molecular weight excluding hydrogens is 384 g/mol. The lowest BCUT2D eigenvalue weighted by Crippen LogP contribution is -2.45. The number of nitrogens with zero attached hydrogens (tertiary/aromatic N) is 2. The van der Waals surface area contributed by atoms with Gasteiger partial charge in [0.05, 0.1) is 13.2 Å². The van der Waals surface area contributed by atoms with Gasteiger partial charge >= 0.3 is 0 Å².